The Bertz CT molecular complexity index is 525. The molecule has 19 heavy (non-hydrogen) atoms. The summed E-state index contributed by atoms with van der Waals surface area (Å²) in [5.74, 6) is -1.63. The second kappa shape index (κ2) is 5.25. The Morgan fingerprint density at radius 3 is 2.37 bits per heavy atom. The zero-order valence-corrected chi connectivity index (χ0v) is 10.1. The van der Waals surface area contributed by atoms with E-state index in [1.54, 1.807) is 0 Å². The summed E-state index contributed by atoms with van der Waals surface area (Å²) < 4.78 is 43.0. The fourth-order valence-corrected chi connectivity index (χ4v) is 1.55. The number of rotatable bonds is 4. The number of carbonyl (C=O) groups excluding carboxylic acids is 1. The van der Waals surface area contributed by atoms with E-state index in [9.17, 15) is 28.1 Å². The zero-order chi connectivity index (χ0) is 14.8. The summed E-state index contributed by atoms with van der Waals surface area (Å²) in [6.07, 6.45) is -4.80. The summed E-state index contributed by atoms with van der Waals surface area (Å²) in [6.45, 7) is 2.24. The van der Waals surface area contributed by atoms with Gasteiger partial charge in [0.2, 0.25) is 5.75 Å². The third-order valence-electron chi connectivity index (χ3n) is 2.29. The average Bonchev–Trinajstić information content (AvgIpc) is 2.26. The molecule has 8 heteroatoms. The van der Waals surface area contributed by atoms with Crippen LogP contribution in [0.1, 0.15) is 29.8 Å². The van der Waals surface area contributed by atoms with Crippen LogP contribution in [0.25, 0.3) is 0 Å². The van der Waals surface area contributed by atoms with Crippen molar-refractivity contribution in [2.75, 3.05) is 6.61 Å². The monoisotopic (exact) mass is 277 g/mol. The van der Waals surface area contributed by atoms with Gasteiger partial charge in [-0.3, -0.25) is 14.9 Å². The lowest BCUT2D eigenvalue weighted by Gasteiger charge is -2.14. The SMILES string of the molecule is CCOc1c(C(F)(F)F)ccc(C(C)=O)c1[N+](=O)[O-]. The van der Waals surface area contributed by atoms with E-state index < -0.39 is 39.4 Å². The molecule has 0 unspecified atom stereocenters. The molecule has 0 fully saturated rings. The smallest absolute Gasteiger partial charge is 0.420 e. The summed E-state index contributed by atoms with van der Waals surface area (Å²) in [5.41, 5.74) is -2.64. The van der Waals surface area contributed by atoms with Crippen LogP contribution >= 0.6 is 0 Å². The van der Waals surface area contributed by atoms with Crippen molar-refractivity contribution in [2.24, 2.45) is 0 Å². The van der Waals surface area contributed by atoms with E-state index in [-0.39, 0.29) is 6.61 Å². The quantitative estimate of drug-likeness (QED) is 0.481. The second-order valence-electron chi connectivity index (χ2n) is 3.58. The van der Waals surface area contributed by atoms with Crippen LogP contribution in [0.15, 0.2) is 12.1 Å². The number of alkyl halides is 3. The molecule has 0 radical (unpaired) electrons. The number of hydrogen-bond acceptors (Lipinski definition) is 4. The van der Waals surface area contributed by atoms with Gasteiger partial charge >= 0.3 is 11.9 Å². The standard InChI is InChI=1S/C11H10F3NO4/c1-3-19-10-8(11(12,13)14)5-4-7(6(2)16)9(10)15(17)18/h4-5H,3H2,1-2H3. The first-order valence-corrected chi connectivity index (χ1v) is 5.22. The van der Waals surface area contributed by atoms with Gasteiger partial charge in [-0.15, -0.1) is 0 Å². The van der Waals surface area contributed by atoms with E-state index in [2.05, 4.69) is 0 Å². The van der Waals surface area contributed by atoms with Crippen molar-refractivity contribution in [3.8, 4) is 5.75 Å². The van der Waals surface area contributed by atoms with Crippen molar-refractivity contribution in [1.82, 2.24) is 0 Å². The molecule has 1 aromatic carbocycles. The van der Waals surface area contributed by atoms with E-state index in [1.807, 2.05) is 0 Å². The van der Waals surface area contributed by atoms with E-state index in [0.29, 0.717) is 6.07 Å². The summed E-state index contributed by atoms with van der Waals surface area (Å²) in [4.78, 5) is 21.1. The Kier molecular flexibility index (Phi) is 4.13. The molecule has 1 rings (SSSR count). The highest BCUT2D eigenvalue weighted by Gasteiger charge is 2.39. The number of nitro groups is 1. The largest absolute Gasteiger partial charge is 0.487 e. The highest BCUT2D eigenvalue weighted by molar-refractivity contribution is 5.99. The first-order valence-electron chi connectivity index (χ1n) is 5.22. The van der Waals surface area contributed by atoms with Crippen molar-refractivity contribution in [3.63, 3.8) is 0 Å². The fraction of sp³-hybridized carbons (Fsp3) is 0.364. The summed E-state index contributed by atoms with van der Waals surface area (Å²) >= 11 is 0. The predicted octanol–water partition coefficient (Wildman–Crippen LogP) is 3.21. The van der Waals surface area contributed by atoms with Gasteiger partial charge in [-0.1, -0.05) is 0 Å². The van der Waals surface area contributed by atoms with Crippen LogP contribution in [0.5, 0.6) is 5.75 Å². The van der Waals surface area contributed by atoms with Gasteiger partial charge in [-0.2, -0.15) is 13.2 Å². The molecular formula is C11H10F3NO4. The number of hydrogen-bond donors (Lipinski definition) is 0. The Morgan fingerprint density at radius 1 is 1.42 bits per heavy atom. The van der Waals surface area contributed by atoms with E-state index in [0.717, 1.165) is 13.0 Å². The van der Waals surface area contributed by atoms with Crippen molar-refractivity contribution in [2.45, 2.75) is 20.0 Å². The topological polar surface area (TPSA) is 69.4 Å². The van der Waals surface area contributed by atoms with Crippen molar-refractivity contribution in [3.05, 3.63) is 33.4 Å². The van der Waals surface area contributed by atoms with Crippen molar-refractivity contribution < 1.29 is 27.6 Å². The highest BCUT2D eigenvalue weighted by atomic mass is 19.4. The number of Topliss-reactive ketones (excluding diaryl/α,β-unsaturated/α-hetero) is 1. The number of halogens is 3. The van der Waals surface area contributed by atoms with Crippen LogP contribution in [0.4, 0.5) is 18.9 Å². The maximum Gasteiger partial charge on any atom is 0.420 e. The number of nitro benzene ring substituents is 1. The summed E-state index contributed by atoms with van der Waals surface area (Å²) in [5, 5.41) is 10.9. The van der Waals surface area contributed by atoms with Crippen molar-refractivity contribution in [1.29, 1.82) is 0 Å². The van der Waals surface area contributed by atoms with Gasteiger partial charge in [0, 0.05) is 0 Å². The van der Waals surface area contributed by atoms with Crippen molar-refractivity contribution >= 4 is 11.5 Å². The lowest BCUT2D eigenvalue weighted by molar-refractivity contribution is -0.386. The van der Waals surface area contributed by atoms with E-state index >= 15 is 0 Å². The molecule has 0 amide bonds. The van der Waals surface area contributed by atoms with Gasteiger partial charge < -0.3 is 4.74 Å². The molecular weight excluding hydrogens is 267 g/mol. The van der Waals surface area contributed by atoms with Crippen LogP contribution in [0.2, 0.25) is 0 Å². The predicted molar refractivity (Wildman–Crippen MR) is 59.3 cm³/mol. The molecule has 0 aliphatic rings. The Balaban J connectivity index is 3.68. The number of benzene rings is 1. The van der Waals surface area contributed by atoms with E-state index in [4.69, 9.17) is 4.74 Å². The number of nitrogens with zero attached hydrogens (tertiary/aromatic N) is 1. The van der Waals surface area contributed by atoms with Gasteiger partial charge in [-0.05, 0) is 26.0 Å². The maximum absolute atomic E-state index is 12.8. The Morgan fingerprint density at radius 2 is 2.00 bits per heavy atom. The minimum atomic E-state index is -4.80. The third kappa shape index (κ3) is 3.01. The number of ketones is 1. The maximum atomic E-state index is 12.8. The molecule has 0 saturated heterocycles. The molecule has 0 aliphatic carbocycles. The minimum Gasteiger partial charge on any atom is -0.487 e. The number of ether oxygens (including phenoxy) is 1. The lowest BCUT2D eigenvalue weighted by Crippen LogP contribution is -2.12. The van der Waals surface area contributed by atoms with Gasteiger partial charge in [0.1, 0.15) is 5.56 Å². The van der Waals surface area contributed by atoms with E-state index in [1.165, 1.54) is 6.92 Å². The summed E-state index contributed by atoms with van der Waals surface area (Å²) in [7, 11) is 0. The molecule has 0 spiro atoms. The van der Waals surface area contributed by atoms with Crippen LogP contribution in [-0.2, 0) is 6.18 Å². The minimum absolute atomic E-state index is 0.189. The van der Waals surface area contributed by atoms with Gasteiger partial charge in [-0.25, -0.2) is 0 Å². The zero-order valence-electron chi connectivity index (χ0n) is 10.1. The Labute approximate surface area is 106 Å². The molecule has 0 aliphatic heterocycles. The van der Waals surface area contributed by atoms with Crippen LogP contribution in [0, 0.1) is 10.1 Å². The second-order valence-corrected chi connectivity index (χ2v) is 3.58. The molecule has 0 saturated carbocycles. The molecule has 0 heterocycles. The lowest BCUT2D eigenvalue weighted by atomic mass is 10.0. The molecule has 1 aromatic rings. The number of carbonyl (C=O) groups is 1. The molecule has 0 aromatic heterocycles. The molecule has 0 N–H and O–H groups in total. The normalized spacial score (nSPS) is 11.2. The third-order valence-corrected chi connectivity index (χ3v) is 2.29. The highest BCUT2D eigenvalue weighted by Crippen LogP contribution is 2.43. The van der Waals surface area contributed by atoms with Crippen LogP contribution < -0.4 is 4.74 Å². The molecule has 5 nitrogen and oxygen atoms in total. The van der Waals surface area contributed by atoms with Crippen LogP contribution in [0.3, 0.4) is 0 Å². The molecule has 104 valence electrons. The average molecular weight is 277 g/mol. The molecule has 0 bridgehead atoms. The first kappa shape index (κ1) is 14.9. The van der Waals surface area contributed by atoms with Gasteiger partial charge in [0.25, 0.3) is 0 Å². The Hall–Kier alpha value is -2.12. The molecule has 0 atom stereocenters. The summed E-state index contributed by atoms with van der Waals surface area (Å²) in [6, 6.07) is 1.39. The first-order chi connectivity index (χ1) is 8.70. The fourth-order valence-electron chi connectivity index (χ4n) is 1.55. The van der Waals surface area contributed by atoms with Gasteiger partial charge in [0.05, 0.1) is 17.1 Å². The van der Waals surface area contributed by atoms with Gasteiger partial charge in [0.15, 0.2) is 5.78 Å². The van der Waals surface area contributed by atoms with Crippen LogP contribution in [-0.4, -0.2) is 17.3 Å².